The first-order valence-electron chi connectivity index (χ1n) is 12.5. The molecule has 1 atom stereocenters. The van der Waals surface area contributed by atoms with Crippen LogP contribution in [0.5, 0.6) is 5.75 Å². The molecule has 0 fully saturated rings. The van der Waals surface area contributed by atoms with Crippen LogP contribution in [0, 0.1) is 4.91 Å². The molecule has 1 unspecified atom stereocenters. The number of carbonyl (C=O) groups is 2. The van der Waals surface area contributed by atoms with Crippen molar-refractivity contribution in [3.63, 3.8) is 0 Å². The van der Waals surface area contributed by atoms with E-state index < -0.39 is 35.1 Å². The number of aliphatic hydroxyl groups excluding tert-OH is 1. The normalized spacial score (nSPS) is 13.2. The van der Waals surface area contributed by atoms with E-state index in [9.17, 15) is 32.8 Å². The molecular formula is C28H31F3N6O5. The predicted octanol–water partition coefficient (Wildman–Crippen LogP) is 4.93. The van der Waals surface area contributed by atoms with Gasteiger partial charge in [0.05, 0.1) is 5.56 Å². The van der Waals surface area contributed by atoms with Crippen molar-refractivity contribution in [2.24, 2.45) is 5.18 Å². The smallest absolute Gasteiger partial charge is 0.416 e. The number of benzene rings is 1. The van der Waals surface area contributed by atoms with E-state index >= 15 is 0 Å². The average Bonchev–Trinajstić information content (AvgIpc) is 3.20. The molecule has 1 aliphatic rings. The van der Waals surface area contributed by atoms with Crippen LogP contribution in [0.25, 0.3) is 0 Å². The highest BCUT2D eigenvalue weighted by molar-refractivity contribution is 5.92. The number of aliphatic hydroxyl groups is 1. The maximum Gasteiger partial charge on any atom is 0.416 e. The van der Waals surface area contributed by atoms with Crippen molar-refractivity contribution >= 4 is 17.6 Å². The molecule has 0 aliphatic heterocycles. The maximum atomic E-state index is 13.5. The monoisotopic (exact) mass is 588 g/mol. The lowest BCUT2D eigenvalue weighted by Gasteiger charge is -2.18. The summed E-state index contributed by atoms with van der Waals surface area (Å²) in [6, 6.07) is 4.89. The molecule has 3 rings (SSSR count). The Hall–Kier alpha value is -4.82. The highest BCUT2D eigenvalue weighted by Crippen LogP contribution is 2.38. The fraction of sp³-hybridized carbons (Fsp3) is 0.250. The van der Waals surface area contributed by atoms with Gasteiger partial charge in [0.15, 0.2) is 0 Å². The molecule has 0 saturated heterocycles. The Morgan fingerprint density at radius 1 is 1.14 bits per heavy atom. The Kier molecular flexibility index (Phi) is 12.6. The number of halogens is 3. The predicted molar refractivity (Wildman–Crippen MR) is 151 cm³/mol. The number of urea groups is 1. The topological polar surface area (TPSA) is 154 Å². The summed E-state index contributed by atoms with van der Waals surface area (Å²) < 4.78 is 46.4. The van der Waals surface area contributed by atoms with Gasteiger partial charge in [-0.15, -0.1) is 4.91 Å². The molecule has 224 valence electrons. The lowest BCUT2D eigenvalue weighted by Crippen LogP contribution is -2.27. The van der Waals surface area contributed by atoms with E-state index in [1.807, 2.05) is 7.05 Å². The fourth-order valence-corrected chi connectivity index (χ4v) is 3.28. The number of allylic oxidation sites excluding steroid dienone is 4. The number of anilines is 1. The number of nitroso groups, excluding NO2 is 1. The van der Waals surface area contributed by atoms with Crippen LogP contribution in [0.4, 0.5) is 23.7 Å². The van der Waals surface area contributed by atoms with Crippen LogP contribution in [0.3, 0.4) is 0 Å². The van der Waals surface area contributed by atoms with Crippen LogP contribution in [0.1, 0.15) is 41.1 Å². The third kappa shape index (κ3) is 9.98. The quantitative estimate of drug-likeness (QED) is 0.260. The minimum absolute atomic E-state index is 0.168. The van der Waals surface area contributed by atoms with Crippen molar-refractivity contribution in [3.8, 4) is 5.75 Å². The summed E-state index contributed by atoms with van der Waals surface area (Å²) in [7, 11) is 3.41. The largest absolute Gasteiger partial charge is 0.458 e. The second kappa shape index (κ2) is 15.8. The molecule has 1 aromatic heterocycles. The van der Waals surface area contributed by atoms with Gasteiger partial charge in [0.25, 0.3) is 5.91 Å². The third-order valence-electron chi connectivity index (χ3n) is 5.47. The first-order valence-corrected chi connectivity index (χ1v) is 12.5. The Morgan fingerprint density at radius 2 is 1.86 bits per heavy atom. The van der Waals surface area contributed by atoms with Crippen molar-refractivity contribution in [3.05, 3.63) is 106 Å². The van der Waals surface area contributed by atoms with Crippen molar-refractivity contribution in [1.29, 1.82) is 0 Å². The first-order chi connectivity index (χ1) is 19.9. The molecule has 42 heavy (non-hydrogen) atoms. The van der Waals surface area contributed by atoms with Crippen LogP contribution >= 0.6 is 0 Å². The van der Waals surface area contributed by atoms with Crippen molar-refractivity contribution in [1.82, 2.24) is 20.9 Å². The summed E-state index contributed by atoms with van der Waals surface area (Å²) in [6.07, 6.45) is 1.37. The minimum Gasteiger partial charge on any atom is -0.458 e. The standard InChI is InChI=1S/C25H22F3N5O5.C3H9N/c1-14(33-37)22(34)19-9-7-16(12-20(19)25(26,27)28)32-24(36)31-15-4-3-5-17(8-6-15)38-18-10-11-30-21(13-18)23(35)29-2;1-3-4-2/h4-13,22,34H,1,3H2,2H3,(H,29,35)(H2,31,32,36);4H,3H2,1-2H3. The number of hydrogen-bond donors (Lipinski definition) is 5. The van der Waals surface area contributed by atoms with Crippen LogP contribution < -0.4 is 26.0 Å². The number of rotatable bonds is 9. The van der Waals surface area contributed by atoms with Crippen molar-refractivity contribution in [2.45, 2.75) is 25.6 Å². The van der Waals surface area contributed by atoms with E-state index in [1.54, 1.807) is 24.3 Å². The van der Waals surface area contributed by atoms with Gasteiger partial charge in [-0.05, 0) is 67.2 Å². The summed E-state index contributed by atoms with van der Waals surface area (Å²) >= 11 is 0. The number of aromatic nitrogens is 1. The third-order valence-corrected chi connectivity index (χ3v) is 5.47. The molecule has 14 heteroatoms. The lowest BCUT2D eigenvalue weighted by atomic mass is 9.99. The van der Waals surface area contributed by atoms with Crippen LogP contribution in [-0.2, 0) is 6.18 Å². The minimum atomic E-state index is -4.89. The highest BCUT2D eigenvalue weighted by Gasteiger charge is 2.36. The van der Waals surface area contributed by atoms with Gasteiger partial charge in [0.2, 0.25) is 0 Å². The summed E-state index contributed by atoms with van der Waals surface area (Å²) in [5.41, 5.74) is -2.27. The Bertz CT molecular complexity index is 1390. The molecule has 3 amide bonds. The molecule has 0 spiro atoms. The van der Waals surface area contributed by atoms with Gasteiger partial charge in [0.1, 0.15) is 29.0 Å². The SMILES string of the molecule is C=C(N=O)C(O)c1ccc(NC(=O)NC2=CCC=C(Oc3ccnc(C(=O)NC)c3)C=C2)cc1C(F)(F)F.CCNC. The summed E-state index contributed by atoms with van der Waals surface area (Å²) in [5, 5.41) is 22.6. The second-order valence-electron chi connectivity index (χ2n) is 8.46. The zero-order valence-corrected chi connectivity index (χ0v) is 23.1. The molecule has 0 radical (unpaired) electrons. The number of pyridine rings is 1. The van der Waals surface area contributed by atoms with Gasteiger partial charge in [-0.1, -0.05) is 25.6 Å². The molecular weight excluding hydrogens is 557 g/mol. The van der Waals surface area contributed by atoms with Gasteiger partial charge < -0.3 is 31.1 Å². The number of hydrogen-bond acceptors (Lipinski definition) is 8. The molecule has 0 bridgehead atoms. The van der Waals surface area contributed by atoms with Gasteiger partial charge >= 0.3 is 12.2 Å². The van der Waals surface area contributed by atoms with Crippen molar-refractivity contribution < 1.29 is 32.6 Å². The highest BCUT2D eigenvalue weighted by atomic mass is 19.4. The zero-order valence-electron chi connectivity index (χ0n) is 23.1. The fourth-order valence-electron chi connectivity index (χ4n) is 3.28. The molecule has 1 aliphatic carbocycles. The molecule has 2 aromatic rings. The number of carbonyl (C=O) groups excluding carboxylic acids is 2. The van der Waals surface area contributed by atoms with E-state index in [1.165, 1.54) is 25.4 Å². The molecule has 0 saturated carbocycles. The van der Waals surface area contributed by atoms with E-state index in [4.69, 9.17) is 4.74 Å². The Balaban J connectivity index is 0.00000144. The van der Waals surface area contributed by atoms with Crippen LogP contribution in [0.15, 0.2) is 89.7 Å². The van der Waals surface area contributed by atoms with Gasteiger partial charge in [-0.2, -0.15) is 13.2 Å². The van der Waals surface area contributed by atoms with E-state index in [2.05, 4.69) is 44.9 Å². The molecule has 5 N–H and O–H groups in total. The maximum absolute atomic E-state index is 13.5. The number of amides is 3. The van der Waals surface area contributed by atoms with Crippen LogP contribution in [0.2, 0.25) is 0 Å². The van der Waals surface area contributed by atoms with Crippen molar-refractivity contribution in [2.75, 3.05) is 26.0 Å². The average molecular weight is 589 g/mol. The lowest BCUT2D eigenvalue weighted by molar-refractivity contribution is -0.139. The van der Waals surface area contributed by atoms with Crippen LogP contribution in [-0.4, -0.2) is 42.7 Å². The molecule has 1 aromatic carbocycles. The molecule has 11 nitrogen and oxygen atoms in total. The van der Waals surface area contributed by atoms with Gasteiger partial charge in [-0.25, -0.2) is 4.79 Å². The van der Waals surface area contributed by atoms with E-state index in [0.29, 0.717) is 29.7 Å². The Labute approximate surface area is 240 Å². The summed E-state index contributed by atoms with van der Waals surface area (Å²) in [4.78, 5) is 38.7. The van der Waals surface area contributed by atoms with E-state index in [-0.39, 0.29) is 17.3 Å². The first kappa shape index (κ1) is 33.4. The number of nitrogens with zero attached hydrogens (tertiary/aromatic N) is 2. The Morgan fingerprint density at radius 3 is 2.48 bits per heavy atom. The summed E-state index contributed by atoms with van der Waals surface area (Å²) in [5.74, 6) is 0.407. The van der Waals surface area contributed by atoms with Gasteiger partial charge in [0, 0.05) is 30.7 Å². The summed E-state index contributed by atoms with van der Waals surface area (Å²) in [6.45, 7) is 6.28. The molecule has 1 heterocycles. The number of nitrogens with one attached hydrogen (secondary N) is 4. The second-order valence-corrected chi connectivity index (χ2v) is 8.46. The number of alkyl halides is 3. The van der Waals surface area contributed by atoms with E-state index in [0.717, 1.165) is 18.7 Å². The number of ether oxygens (including phenoxy) is 1. The zero-order chi connectivity index (χ0) is 31.3. The van der Waals surface area contributed by atoms with Gasteiger partial charge in [-0.3, -0.25) is 9.78 Å².